The number of nitrogens with zero attached hydrogens (tertiary/aromatic N) is 1. The van der Waals surface area contributed by atoms with Crippen molar-refractivity contribution in [3.05, 3.63) is 70.4 Å². The summed E-state index contributed by atoms with van der Waals surface area (Å²) in [7, 11) is 0. The molecule has 0 radical (unpaired) electrons. The predicted octanol–water partition coefficient (Wildman–Crippen LogP) is 5.65. The number of halogens is 1. The van der Waals surface area contributed by atoms with Crippen molar-refractivity contribution in [3.63, 3.8) is 0 Å². The van der Waals surface area contributed by atoms with E-state index >= 15 is 0 Å². The van der Waals surface area contributed by atoms with Crippen LogP contribution in [0.3, 0.4) is 0 Å². The van der Waals surface area contributed by atoms with Gasteiger partial charge in [0, 0.05) is 29.1 Å². The summed E-state index contributed by atoms with van der Waals surface area (Å²) in [6.45, 7) is 1.99. The molecule has 0 saturated heterocycles. The summed E-state index contributed by atoms with van der Waals surface area (Å²) in [5, 5.41) is 4.02. The Balaban J connectivity index is 2.01. The minimum absolute atomic E-state index is 0.00575. The number of benzene rings is 2. The molecule has 4 rings (SSSR count). The molecule has 2 aliphatic rings. The van der Waals surface area contributed by atoms with E-state index in [1.807, 2.05) is 55.5 Å². The molecule has 2 aromatic rings. The highest BCUT2D eigenvalue weighted by atomic mass is 35.5. The summed E-state index contributed by atoms with van der Waals surface area (Å²) < 4.78 is 0. The van der Waals surface area contributed by atoms with Crippen LogP contribution in [0, 0.1) is 0 Å². The van der Waals surface area contributed by atoms with Crippen molar-refractivity contribution in [1.82, 2.24) is 0 Å². The van der Waals surface area contributed by atoms with E-state index in [1.165, 1.54) is 0 Å². The van der Waals surface area contributed by atoms with E-state index in [4.69, 9.17) is 11.6 Å². The first-order chi connectivity index (χ1) is 13.6. The van der Waals surface area contributed by atoms with Gasteiger partial charge in [0.05, 0.1) is 17.4 Å². The smallest absolute Gasteiger partial charge is 0.227 e. The number of rotatable bonds is 3. The second-order valence-electron chi connectivity index (χ2n) is 7.25. The van der Waals surface area contributed by atoms with Gasteiger partial charge in [-0.2, -0.15) is 0 Å². The molecule has 1 amide bonds. The molecule has 0 saturated carbocycles. The Morgan fingerprint density at radius 2 is 1.89 bits per heavy atom. The maximum atomic E-state index is 13.3. The molecule has 0 fully saturated rings. The molecule has 5 heteroatoms. The topological polar surface area (TPSA) is 49.4 Å². The number of nitrogens with one attached hydrogen (secondary N) is 1. The van der Waals surface area contributed by atoms with Gasteiger partial charge < -0.3 is 5.32 Å². The third-order valence-electron chi connectivity index (χ3n) is 5.37. The first kappa shape index (κ1) is 18.8. The van der Waals surface area contributed by atoms with Gasteiger partial charge in [-0.15, -0.1) is 0 Å². The second-order valence-corrected chi connectivity index (χ2v) is 7.66. The third kappa shape index (κ3) is 3.22. The van der Waals surface area contributed by atoms with Crippen molar-refractivity contribution in [2.45, 2.75) is 45.1 Å². The quantitative estimate of drug-likeness (QED) is 0.732. The highest BCUT2D eigenvalue weighted by molar-refractivity contribution is 6.31. The van der Waals surface area contributed by atoms with Crippen LogP contribution < -0.4 is 10.2 Å². The summed E-state index contributed by atoms with van der Waals surface area (Å²) in [6.07, 6.45) is 3.23. The van der Waals surface area contributed by atoms with Gasteiger partial charge in [-0.1, -0.05) is 48.9 Å². The predicted molar refractivity (Wildman–Crippen MR) is 113 cm³/mol. The summed E-state index contributed by atoms with van der Waals surface area (Å²) in [6, 6.07) is 14.7. The summed E-state index contributed by atoms with van der Waals surface area (Å²) in [4.78, 5) is 28.2. The van der Waals surface area contributed by atoms with Crippen LogP contribution in [0.15, 0.2) is 59.8 Å². The zero-order valence-electron chi connectivity index (χ0n) is 15.9. The molecular weight excluding hydrogens is 372 g/mol. The van der Waals surface area contributed by atoms with Crippen LogP contribution in [-0.4, -0.2) is 11.7 Å². The molecule has 28 heavy (non-hydrogen) atoms. The van der Waals surface area contributed by atoms with Gasteiger partial charge in [-0.05, 0) is 43.0 Å². The van der Waals surface area contributed by atoms with E-state index in [-0.39, 0.29) is 11.7 Å². The Morgan fingerprint density at radius 3 is 2.68 bits per heavy atom. The van der Waals surface area contributed by atoms with Gasteiger partial charge >= 0.3 is 0 Å². The Morgan fingerprint density at radius 1 is 1.14 bits per heavy atom. The van der Waals surface area contributed by atoms with Crippen LogP contribution in [0.25, 0.3) is 0 Å². The average Bonchev–Trinajstić information content (AvgIpc) is 2.83. The fraction of sp³-hybridized carbons (Fsp3) is 0.304. The van der Waals surface area contributed by atoms with Crippen LogP contribution in [0.5, 0.6) is 0 Å². The number of fused-ring (bicyclic) bond motifs is 1. The molecular formula is C23H23ClN2O2. The molecule has 0 aromatic heterocycles. The summed E-state index contributed by atoms with van der Waals surface area (Å²) in [5.74, 6) is 0.0783. The number of para-hydroxylation sites is 2. The van der Waals surface area contributed by atoms with Gasteiger partial charge in [0.1, 0.15) is 0 Å². The van der Waals surface area contributed by atoms with Crippen LogP contribution in [0.2, 0.25) is 5.02 Å². The number of carbonyl (C=O) groups excluding carboxylic acids is 2. The van der Waals surface area contributed by atoms with Gasteiger partial charge in [0.25, 0.3) is 0 Å². The number of hydrogen-bond acceptors (Lipinski definition) is 3. The maximum Gasteiger partial charge on any atom is 0.227 e. The van der Waals surface area contributed by atoms with E-state index in [2.05, 4.69) is 5.32 Å². The highest BCUT2D eigenvalue weighted by Crippen LogP contribution is 2.46. The average molecular weight is 395 g/mol. The van der Waals surface area contributed by atoms with Gasteiger partial charge in [0.2, 0.25) is 5.91 Å². The van der Waals surface area contributed by atoms with Crippen molar-refractivity contribution in [3.8, 4) is 0 Å². The summed E-state index contributed by atoms with van der Waals surface area (Å²) in [5.41, 5.74) is 3.99. The Labute approximate surface area is 170 Å². The van der Waals surface area contributed by atoms with E-state index in [0.29, 0.717) is 23.4 Å². The number of Topliss-reactive ketones (excluding diaryl/α,β-unsaturated/α-hetero) is 1. The number of ketones is 1. The molecule has 0 bridgehead atoms. The lowest BCUT2D eigenvalue weighted by Crippen LogP contribution is -2.38. The fourth-order valence-corrected chi connectivity index (χ4v) is 4.37. The maximum absolute atomic E-state index is 13.3. The van der Waals surface area contributed by atoms with Gasteiger partial charge in [-0.3, -0.25) is 14.5 Å². The van der Waals surface area contributed by atoms with Crippen molar-refractivity contribution < 1.29 is 9.59 Å². The molecule has 2 aromatic carbocycles. The monoisotopic (exact) mass is 394 g/mol. The lowest BCUT2D eigenvalue weighted by Gasteiger charge is -2.34. The lowest BCUT2D eigenvalue weighted by atomic mass is 9.85. The van der Waals surface area contributed by atoms with Crippen LogP contribution in [-0.2, 0) is 9.59 Å². The minimum atomic E-state index is -0.522. The molecule has 1 aliphatic carbocycles. The first-order valence-electron chi connectivity index (χ1n) is 9.80. The molecule has 1 heterocycles. The number of amides is 1. The fourth-order valence-electron chi connectivity index (χ4n) is 4.13. The number of carbonyl (C=O) groups is 2. The number of allylic oxidation sites excluding steroid dienone is 1. The van der Waals surface area contributed by atoms with E-state index in [0.717, 1.165) is 41.9 Å². The largest absolute Gasteiger partial charge is 0.357 e. The lowest BCUT2D eigenvalue weighted by molar-refractivity contribution is -0.119. The molecule has 1 atom stereocenters. The Bertz CT molecular complexity index is 967. The van der Waals surface area contributed by atoms with Crippen molar-refractivity contribution in [2.24, 2.45) is 0 Å². The molecule has 4 nitrogen and oxygen atoms in total. The van der Waals surface area contributed by atoms with E-state index in [9.17, 15) is 9.59 Å². The molecule has 0 unspecified atom stereocenters. The zero-order valence-corrected chi connectivity index (χ0v) is 16.6. The third-order valence-corrected chi connectivity index (χ3v) is 5.71. The minimum Gasteiger partial charge on any atom is -0.357 e. The van der Waals surface area contributed by atoms with Crippen molar-refractivity contribution >= 4 is 34.7 Å². The normalized spacial score (nSPS) is 18.9. The van der Waals surface area contributed by atoms with Gasteiger partial charge in [-0.25, -0.2) is 0 Å². The molecule has 1 N–H and O–H groups in total. The first-order valence-corrected chi connectivity index (χ1v) is 10.2. The van der Waals surface area contributed by atoms with E-state index < -0.39 is 6.04 Å². The zero-order chi connectivity index (χ0) is 19.7. The van der Waals surface area contributed by atoms with Gasteiger partial charge in [0.15, 0.2) is 5.78 Å². The summed E-state index contributed by atoms with van der Waals surface area (Å²) >= 11 is 6.57. The standard InChI is InChI=1S/C23H23ClN2O2/c1-2-8-21(28)26-19-13-6-5-11-17(19)25-18-12-7-14-20(27)22(18)23(26)15-9-3-4-10-16(15)24/h3-6,9-11,13,23,25H,2,7-8,12,14H2,1H3/t23-/m0/s1. The van der Waals surface area contributed by atoms with Crippen molar-refractivity contribution in [2.75, 3.05) is 10.2 Å². The van der Waals surface area contributed by atoms with E-state index in [1.54, 1.807) is 4.90 Å². The molecule has 144 valence electrons. The highest BCUT2D eigenvalue weighted by Gasteiger charge is 2.39. The van der Waals surface area contributed by atoms with Crippen molar-refractivity contribution in [1.29, 1.82) is 0 Å². The second kappa shape index (κ2) is 7.80. The Hall–Kier alpha value is -2.59. The van der Waals surface area contributed by atoms with Crippen LogP contribution in [0.4, 0.5) is 11.4 Å². The van der Waals surface area contributed by atoms with Crippen LogP contribution >= 0.6 is 11.6 Å². The molecule has 1 aliphatic heterocycles. The Kier molecular flexibility index (Phi) is 5.23. The molecule has 0 spiro atoms. The number of anilines is 2. The SMILES string of the molecule is CCCC(=O)N1c2ccccc2NC2=C(C(=O)CCC2)[C@@H]1c1ccccc1Cl. The van der Waals surface area contributed by atoms with Crippen LogP contribution in [0.1, 0.15) is 50.6 Å². The number of hydrogen-bond donors (Lipinski definition) is 1.